The maximum absolute atomic E-state index is 14.0. The number of aromatic nitrogens is 3. The number of aromatic amines is 1. The number of benzene rings is 1. The molecule has 0 spiro atoms. The van der Waals surface area contributed by atoms with Gasteiger partial charge in [-0.1, -0.05) is 19.9 Å². The van der Waals surface area contributed by atoms with E-state index in [-0.39, 0.29) is 5.82 Å². The summed E-state index contributed by atoms with van der Waals surface area (Å²) in [5, 5.41) is 6.87. The molecule has 0 aliphatic heterocycles. The highest BCUT2D eigenvalue weighted by Crippen LogP contribution is 2.22. The molecule has 1 aromatic carbocycles. The zero-order valence-electron chi connectivity index (χ0n) is 10.7. The fourth-order valence-electron chi connectivity index (χ4n) is 1.86. The van der Waals surface area contributed by atoms with E-state index in [0.29, 0.717) is 22.1 Å². The number of nitrogens with zero attached hydrogens (tertiary/aromatic N) is 2. The van der Waals surface area contributed by atoms with Crippen LogP contribution in [0.2, 0.25) is 0 Å². The van der Waals surface area contributed by atoms with Crippen molar-refractivity contribution in [3.63, 3.8) is 0 Å². The van der Waals surface area contributed by atoms with Gasteiger partial charge in [0.25, 0.3) is 0 Å². The largest absolute Gasteiger partial charge is 0.300 e. The lowest BCUT2D eigenvalue weighted by molar-refractivity contribution is 0.520. The molecule has 18 heavy (non-hydrogen) atoms. The maximum Gasteiger partial charge on any atom is 0.195 e. The Bertz CT molecular complexity index is 613. The highest BCUT2D eigenvalue weighted by Gasteiger charge is 2.13. The molecular formula is C13H16FN3S. The van der Waals surface area contributed by atoms with Crippen molar-refractivity contribution in [3.05, 3.63) is 34.4 Å². The zero-order chi connectivity index (χ0) is 13.3. The van der Waals surface area contributed by atoms with Crippen LogP contribution in [-0.4, -0.2) is 14.8 Å². The molecule has 0 saturated heterocycles. The van der Waals surface area contributed by atoms with Crippen LogP contribution in [0.5, 0.6) is 0 Å². The van der Waals surface area contributed by atoms with Gasteiger partial charge in [0.2, 0.25) is 0 Å². The second-order valence-electron chi connectivity index (χ2n) is 4.84. The Morgan fingerprint density at radius 2 is 2.17 bits per heavy atom. The average Bonchev–Trinajstić information content (AvgIpc) is 2.60. The lowest BCUT2D eigenvalue weighted by atomic mass is 10.1. The van der Waals surface area contributed by atoms with E-state index >= 15 is 0 Å². The smallest absolute Gasteiger partial charge is 0.195 e. The first-order chi connectivity index (χ1) is 8.49. The van der Waals surface area contributed by atoms with Gasteiger partial charge in [-0.3, -0.25) is 9.67 Å². The van der Waals surface area contributed by atoms with Gasteiger partial charge in [-0.2, -0.15) is 5.10 Å². The van der Waals surface area contributed by atoms with E-state index in [4.69, 9.17) is 12.2 Å². The summed E-state index contributed by atoms with van der Waals surface area (Å²) in [7, 11) is 0. The molecule has 1 N–H and O–H groups in total. The van der Waals surface area contributed by atoms with Crippen molar-refractivity contribution in [1.82, 2.24) is 14.8 Å². The Morgan fingerprint density at radius 3 is 2.78 bits per heavy atom. The van der Waals surface area contributed by atoms with Gasteiger partial charge in [0.15, 0.2) is 10.6 Å². The van der Waals surface area contributed by atoms with E-state index in [1.807, 2.05) is 17.6 Å². The minimum atomic E-state index is -0.269. The van der Waals surface area contributed by atoms with E-state index in [1.54, 1.807) is 6.07 Å². The number of hydrogen-bond donors (Lipinski definition) is 1. The third kappa shape index (κ3) is 2.51. The molecule has 2 aromatic rings. The van der Waals surface area contributed by atoms with Gasteiger partial charge in [-0.05, 0) is 42.8 Å². The molecule has 2 rings (SSSR count). The third-order valence-electron chi connectivity index (χ3n) is 2.67. The lowest BCUT2D eigenvalue weighted by Gasteiger charge is -2.10. The van der Waals surface area contributed by atoms with Gasteiger partial charge >= 0.3 is 0 Å². The van der Waals surface area contributed by atoms with Gasteiger partial charge in [0.1, 0.15) is 5.82 Å². The normalized spacial score (nSPS) is 11.2. The molecule has 0 atom stereocenters. The van der Waals surface area contributed by atoms with E-state index in [1.165, 1.54) is 6.07 Å². The fourth-order valence-corrected chi connectivity index (χ4v) is 2.07. The summed E-state index contributed by atoms with van der Waals surface area (Å²) in [5.74, 6) is 0.710. The summed E-state index contributed by atoms with van der Waals surface area (Å²) in [6, 6.07) is 5.12. The number of rotatable bonds is 3. The molecule has 1 aromatic heterocycles. The molecule has 0 saturated carbocycles. The Kier molecular flexibility index (Phi) is 3.61. The van der Waals surface area contributed by atoms with Gasteiger partial charge in [0.05, 0.1) is 5.56 Å². The molecule has 0 aliphatic rings. The van der Waals surface area contributed by atoms with Crippen molar-refractivity contribution < 1.29 is 4.39 Å². The SMILES string of the molecule is Cc1ccc(-c2n[nH]c(=S)n2CC(C)C)c(F)c1. The van der Waals surface area contributed by atoms with Crippen molar-refractivity contribution in [3.8, 4) is 11.4 Å². The molecule has 0 amide bonds. The number of H-pyrrole nitrogens is 1. The van der Waals surface area contributed by atoms with E-state index < -0.39 is 0 Å². The number of aryl methyl sites for hydroxylation is 1. The van der Waals surface area contributed by atoms with Gasteiger partial charge < -0.3 is 0 Å². The molecule has 0 fully saturated rings. The van der Waals surface area contributed by atoms with Crippen LogP contribution in [-0.2, 0) is 6.54 Å². The maximum atomic E-state index is 14.0. The summed E-state index contributed by atoms with van der Waals surface area (Å²) < 4.78 is 16.3. The summed E-state index contributed by atoms with van der Waals surface area (Å²) in [6.07, 6.45) is 0. The number of hydrogen-bond acceptors (Lipinski definition) is 2. The van der Waals surface area contributed by atoms with Crippen LogP contribution < -0.4 is 0 Å². The van der Waals surface area contributed by atoms with Crippen LogP contribution in [0.25, 0.3) is 11.4 Å². The quantitative estimate of drug-likeness (QED) is 0.858. The minimum absolute atomic E-state index is 0.269. The highest BCUT2D eigenvalue weighted by molar-refractivity contribution is 7.71. The van der Waals surface area contributed by atoms with Crippen LogP contribution in [0, 0.1) is 23.4 Å². The first-order valence-electron chi connectivity index (χ1n) is 5.90. The fraction of sp³-hybridized carbons (Fsp3) is 0.385. The van der Waals surface area contributed by atoms with E-state index in [9.17, 15) is 4.39 Å². The molecule has 0 bridgehead atoms. The molecule has 1 heterocycles. The van der Waals surface area contributed by atoms with E-state index in [2.05, 4.69) is 24.0 Å². The molecular weight excluding hydrogens is 249 g/mol. The highest BCUT2D eigenvalue weighted by atomic mass is 32.1. The van der Waals surface area contributed by atoms with Crippen LogP contribution >= 0.6 is 12.2 Å². The van der Waals surface area contributed by atoms with Crippen molar-refractivity contribution in [2.24, 2.45) is 5.92 Å². The van der Waals surface area contributed by atoms with Gasteiger partial charge in [-0.25, -0.2) is 4.39 Å². The second kappa shape index (κ2) is 5.02. The Labute approximate surface area is 111 Å². The van der Waals surface area contributed by atoms with Crippen LogP contribution in [0.4, 0.5) is 4.39 Å². The number of nitrogens with one attached hydrogen (secondary N) is 1. The summed E-state index contributed by atoms with van der Waals surface area (Å²) in [5.41, 5.74) is 1.37. The molecule has 0 unspecified atom stereocenters. The molecule has 0 aliphatic carbocycles. The minimum Gasteiger partial charge on any atom is -0.300 e. The summed E-state index contributed by atoms with van der Waals surface area (Å²) >= 11 is 5.18. The Morgan fingerprint density at radius 1 is 1.44 bits per heavy atom. The first kappa shape index (κ1) is 13.0. The van der Waals surface area contributed by atoms with Gasteiger partial charge in [0, 0.05) is 6.54 Å². The molecule has 96 valence electrons. The zero-order valence-corrected chi connectivity index (χ0v) is 11.5. The predicted octanol–water partition coefficient (Wildman–Crippen LogP) is 3.71. The molecule has 0 radical (unpaired) electrons. The standard InChI is InChI=1S/C13H16FN3S/c1-8(2)7-17-12(15-16-13(17)18)10-5-4-9(3)6-11(10)14/h4-6,8H,7H2,1-3H3,(H,16,18). The molecule has 5 heteroatoms. The Hall–Kier alpha value is -1.49. The van der Waals surface area contributed by atoms with Crippen LogP contribution in [0.15, 0.2) is 18.2 Å². The first-order valence-corrected chi connectivity index (χ1v) is 6.31. The summed E-state index contributed by atoms with van der Waals surface area (Å²) in [4.78, 5) is 0. The second-order valence-corrected chi connectivity index (χ2v) is 5.23. The third-order valence-corrected chi connectivity index (χ3v) is 2.98. The van der Waals surface area contributed by atoms with Crippen molar-refractivity contribution in [1.29, 1.82) is 0 Å². The predicted molar refractivity (Wildman–Crippen MR) is 72.4 cm³/mol. The average molecular weight is 265 g/mol. The Balaban J connectivity index is 2.54. The monoisotopic (exact) mass is 265 g/mol. The number of halogens is 1. The van der Waals surface area contributed by atoms with Crippen molar-refractivity contribution >= 4 is 12.2 Å². The van der Waals surface area contributed by atoms with Crippen molar-refractivity contribution in [2.75, 3.05) is 0 Å². The van der Waals surface area contributed by atoms with E-state index in [0.717, 1.165) is 12.1 Å². The van der Waals surface area contributed by atoms with Gasteiger partial charge in [-0.15, -0.1) is 0 Å². The topological polar surface area (TPSA) is 33.6 Å². The van der Waals surface area contributed by atoms with Crippen LogP contribution in [0.1, 0.15) is 19.4 Å². The lowest BCUT2D eigenvalue weighted by Crippen LogP contribution is -2.07. The molecule has 3 nitrogen and oxygen atoms in total. The van der Waals surface area contributed by atoms with Crippen molar-refractivity contribution in [2.45, 2.75) is 27.3 Å². The van der Waals surface area contributed by atoms with Crippen LogP contribution in [0.3, 0.4) is 0 Å². The summed E-state index contributed by atoms with van der Waals surface area (Å²) in [6.45, 7) is 6.75.